The summed E-state index contributed by atoms with van der Waals surface area (Å²) in [6, 6.07) is 0. The lowest BCUT2D eigenvalue weighted by Crippen LogP contribution is -2.42. The zero-order valence-corrected chi connectivity index (χ0v) is 11.3. The van der Waals surface area contributed by atoms with E-state index in [4.69, 9.17) is 0 Å². The van der Waals surface area contributed by atoms with Gasteiger partial charge in [0.1, 0.15) is 5.78 Å². The quantitative estimate of drug-likeness (QED) is 0.684. The van der Waals surface area contributed by atoms with E-state index < -0.39 is 0 Å². The van der Waals surface area contributed by atoms with Gasteiger partial charge in [-0.15, -0.1) is 0 Å². The summed E-state index contributed by atoms with van der Waals surface area (Å²) in [6.45, 7) is 9.47. The maximum absolute atomic E-state index is 12.0. The molecule has 2 fully saturated rings. The summed E-state index contributed by atoms with van der Waals surface area (Å²) in [5.74, 6) is 1.69. The van der Waals surface area contributed by atoms with Crippen LogP contribution in [0.1, 0.15) is 66.2 Å². The Kier molecular flexibility index (Phi) is 2.92. The van der Waals surface area contributed by atoms with E-state index in [-0.39, 0.29) is 0 Å². The summed E-state index contributed by atoms with van der Waals surface area (Å²) in [6.07, 6.45) is 6.91. The van der Waals surface area contributed by atoms with Crippen LogP contribution in [0, 0.1) is 22.7 Å². The minimum Gasteiger partial charge on any atom is -0.299 e. The van der Waals surface area contributed by atoms with Crippen LogP contribution in [0.15, 0.2) is 0 Å². The summed E-state index contributed by atoms with van der Waals surface area (Å²) in [4.78, 5) is 12.0. The van der Waals surface area contributed by atoms with Gasteiger partial charge in [-0.2, -0.15) is 0 Å². The highest BCUT2D eigenvalue weighted by atomic mass is 16.1. The molecule has 0 aliphatic heterocycles. The smallest absolute Gasteiger partial charge is 0.136 e. The Morgan fingerprint density at radius 2 is 2.06 bits per heavy atom. The number of ketones is 1. The topological polar surface area (TPSA) is 17.1 Å². The average molecular weight is 222 g/mol. The van der Waals surface area contributed by atoms with E-state index in [1.165, 1.54) is 19.3 Å². The van der Waals surface area contributed by atoms with E-state index in [2.05, 4.69) is 27.7 Å². The lowest BCUT2D eigenvalue weighted by molar-refractivity contribution is -0.130. The van der Waals surface area contributed by atoms with Gasteiger partial charge in [-0.05, 0) is 42.4 Å². The van der Waals surface area contributed by atoms with Crippen molar-refractivity contribution in [2.24, 2.45) is 22.7 Å². The number of carbonyl (C=O) groups is 1. The Bertz CT molecular complexity index is 292. The third kappa shape index (κ3) is 1.63. The van der Waals surface area contributed by atoms with Gasteiger partial charge < -0.3 is 0 Å². The van der Waals surface area contributed by atoms with Gasteiger partial charge in [-0.1, -0.05) is 34.1 Å². The zero-order valence-electron chi connectivity index (χ0n) is 11.3. The third-order valence-corrected chi connectivity index (χ3v) is 5.72. The van der Waals surface area contributed by atoms with Gasteiger partial charge in [0.15, 0.2) is 0 Å². The molecule has 0 N–H and O–H groups in total. The zero-order chi connectivity index (χ0) is 12.0. The van der Waals surface area contributed by atoms with Gasteiger partial charge in [0, 0.05) is 12.3 Å². The lowest BCUT2D eigenvalue weighted by Gasteiger charge is -2.46. The van der Waals surface area contributed by atoms with Crippen LogP contribution < -0.4 is 0 Å². The molecule has 0 aromatic rings. The van der Waals surface area contributed by atoms with E-state index in [1.807, 2.05) is 0 Å². The SMILES string of the molecule is CCC(C)(C)[C@H]1CC[C@H]2C(=O)CCC[C@]12C. The average Bonchev–Trinajstić information content (AvgIpc) is 2.57. The molecular weight excluding hydrogens is 196 g/mol. The van der Waals surface area contributed by atoms with Crippen LogP contribution in [0.2, 0.25) is 0 Å². The van der Waals surface area contributed by atoms with Crippen LogP contribution >= 0.6 is 0 Å². The molecule has 0 saturated heterocycles. The highest BCUT2D eigenvalue weighted by molar-refractivity contribution is 5.83. The van der Waals surface area contributed by atoms with Crippen molar-refractivity contribution < 1.29 is 4.79 Å². The number of carbonyl (C=O) groups excluding carboxylic acids is 1. The van der Waals surface area contributed by atoms with Crippen molar-refractivity contribution in [2.75, 3.05) is 0 Å². The van der Waals surface area contributed by atoms with Crippen molar-refractivity contribution in [3.05, 3.63) is 0 Å². The molecule has 92 valence electrons. The van der Waals surface area contributed by atoms with Crippen LogP contribution in [0.3, 0.4) is 0 Å². The Hall–Kier alpha value is -0.330. The second-order valence-corrected chi connectivity index (χ2v) is 6.85. The number of hydrogen-bond donors (Lipinski definition) is 0. The van der Waals surface area contributed by atoms with Crippen molar-refractivity contribution >= 4 is 5.78 Å². The van der Waals surface area contributed by atoms with Gasteiger partial charge in [0.2, 0.25) is 0 Å². The molecular formula is C15H26O. The fourth-order valence-electron chi connectivity index (χ4n) is 4.46. The van der Waals surface area contributed by atoms with Crippen molar-refractivity contribution in [2.45, 2.75) is 66.2 Å². The molecule has 2 saturated carbocycles. The fourth-order valence-corrected chi connectivity index (χ4v) is 4.46. The van der Waals surface area contributed by atoms with Crippen LogP contribution in [0.5, 0.6) is 0 Å². The molecule has 0 amide bonds. The molecule has 0 bridgehead atoms. The molecule has 1 nitrogen and oxygen atoms in total. The molecule has 2 aliphatic carbocycles. The van der Waals surface area contributed by atoms with Crippen molar-refractivity contribution in [3.63, 3.8) is 0 Å². The second kappa shape index (κ2) is 3.85. The Labute approximate surface area is 100.0 Å². The summed E-state index contributed by atoms with van der Waals surface area (Å²) < 4.78 is 0. The number of rotatable bonds is 2. The molecule has 2 rings (SSSR count). The Morgan fingerprint density at radius 1 is 1.38 bits per heavy atom. The van der Waals surface area contributed by atoms with E-state index in [0.29, 0.717) is 22.5 Å². The molecule has 0 radical (unpaired) electrons. The van der Waals surface area contributed by atoms with Gasteiger partial charge in [-0.25, -0.2) is 0 Å². The molecule has 0 heterocycles. The molecule has 2 aliphatic rings. The van der Waals surface area contributed by atoms with E-state index in [0.717, 1.165) is 25.2 Å². The van der Waals surface area contributed by atoms with Crippen LogP contribution in [0.25, 0.3) is 0 Å². The minimum absolute atomic E-state index is 0.314. The first-order valence-corrected chi connectivity index (χ1v) is 6.94. The predicted molar refractivity (Wildman–Crippen MR) is 67.3 cm³/mol. The summed E-state index contributed by atoms with van der Waals surface area (Å²) in [7, 11) is 0. The lowest BCUT2D eigenvalue weighted by atomic mass is 9.58. The van der Waals surface area contributed by atoms with E-state index in [1.54, 1.807) is 0 Å². The minimum atomic E-state index is 0.314. The van der Waals surface area contributed by atoms with Gasteiger partial charge in [0.05, 0.1) is 0 Å². The number of Topliss-reactive ketones (excluding diaryl/α,β-unsaturated/α-hetero) is 1. The molecule has 0 aromatic heterocycles. The molecule has 16 heavy (non-hydrogen) atoms. The highest BCUT2D eigenvalue weighted by Crippen LogP contribution is 2.60. The van der Waals surface area contributed by atoms with Crippen LogP contribution in [-0.4, -0.2) is 5.78 Å². The number of fused-ring (bicyclic) bond motifs is 1. The molecule has 3 atom stereocenters. The first-order chi connectivity index (χ1) is 7.42. The monoisotopic (exact) mass is 222 g/mol. The molecule has 0 unspecified atom stereocenters. The Balaban J connectivity index is 2.28. The highest BCUT2D eigenvalue weighted by Gasteiger charge is 2.54. The molecule has 0 spiro atoms. The van der Waals surface area contributed by atoms with E-state index in [9.17, 15) is 4.79 Å². The van der Waals surface area contributed by atoms with E-state index >= 15 is 0 Å². The summed E-state index contributed by atoms with van der Waals surface area (Å²) in [5.41, 5.74) is 0.718. The standard InChI is InChI=1S/C15H26O/c1-5-14(2,3)13-9-8-11-12(16)7-6-10-15(11,13)4/h11,13H,5-10H2,1-4H3/t11-,13+,15-/m0/s1. The van der Waals surface area contributed by atoms with Gasteiger partial charge in [-0.3, -0.25) is 4.79 Å². The maximum atomic E-state index is 12.0. The van der Waals surface area contributed by atoms with Gasteiger partial charge >= 0.3 is 0 Å². The van der Waals surface area contributed by atoms with Crippen molar-refractivity contribution in [1.82, 2.24) is 0 Å². The first kappa shape index (κ1) is 12.1. The van der Waals surface area contributed by atoms with Crippen LogP contribution in [0.4, 0.5) is 0 Å². The van der Waals surface area contributed by atoms with Crippen molar-refractivity contribution in [1.29, 1.82) is 0 Å². The van der Waals surface area contributed by atoms with Gasteiger partial charge in [0.25, 0.3) is 0 Å². The third-order valence-electron chi connectivity index (χ3n) is 5.72. The molecule has 0 aromatic carbocycles. The van der Waals surface area contributed by atoms with Crippen LogP contribution in [-0.2, 0) is 4.79 Å². The summed E-state index contributed by atoms with van der Waals surface area (Å²) >= 11 is 0. The van der Waals surface area contributed by atoms with Crippen molar-refractivity contribution in [3.8, 4) is 0 Å². The number of hydrogen-bond acceptors (Lipinski definition) is 1. The largest absolute Gasteiger partial charge is 0.299 e. The second-order valence-electron chi connectivity index (χ2n) is 6.85. The Morgan fingerprint density at radius 3 is 2.69 bits per heavy atom. The predicted octanol–water partition coefficient (Wildman–Crippen LogP) is 4.21. The maximum Gasteiger partial charge on any atom is 0.136 e. The fraction of sp³-hybridized carbons (Fsp3) is 0.933. The summed E-state index contributed by atoms with van der Waals surface area (Å²) in [5, 5.41) is 0. The first-order valence-electron chi connectivity index (χ1n) is 6.94. The molecule has 1 heteroatoms. The normalized spacial score (nSPS) is 39.9.